The zero-order chi connectivity index (χ0) is 28.6. The molecule has 10 nitrogen and oxygen atoms in total. The molecule has 2 heterocycles. The Labute approximate surface area is 237 Å². The van der Waals surface area contributed by atoms with Gasteiger partial charge in [-0.05, 0) is 69.8 Å². The molecule has 4 N–H and O–H groups in total. The van der Waals surface area contributed by atoms with Crippen LogP contribution in [-0.4, -0.2) is 82.6 Å². The summed E-state index contributed by atoms with van der Waals surface area (Å²) in [7, 11) is 2.05. The van der Waals surface area contributed by atoms with Crippen LogP contribution in [0, 0.1) is 5.92 Å². The van der Waals surface area contributed by atoms with Gasteiger partial charge in [0, 0.05) is 44.1 Å². The first-order valence-electron chi connectivity index (χ1n) is 14.7. The number of nitrogens with one attached hydrogen (secondary N) is 2. The van der Waals surface area contributed by atoms with E-state index in [0.29, 0.717) is 30.9 Å². The molecule has 1 aliphatic carbocycles. The molecule has 2 fully saturated rings. The number of benzene rings is 1. The molecule has 2 atom stereocenters. The van der Waals surface area contributed by atoms with Gasteiger partial charge in [-0.3, -0.25) is 19.1 Å². The summed E-state index contributed by atoms with van der Waals surface area (Å²) in [5.74, 6) is -0.457. The Morgan fingerprint density at radius 1 is 0.975 bits per heavy atom. The van der Waals surface area contributed by atoms with Crippen molar-refractivity contribution in [3.05, 3.63) is 47.8 Å². The van der Waals surface area contributed by atoms with Crippen LogP contribution in [0.3, 0.4) is 0 Å². The van der Waals surface area contributed by atoms with Crippen LogP contribution in [0.15, 0.2) is 36.5 Å². The maximum absolute atomic E-state index is 13.6. The molecule has 2 aromatic rings. The summed E-state index contributed by atoms with van der Waals surface area (Å²) in [6.45, 7) is 7.06. The Balaban J connectivity index is 1.40. The quantitative estimate of drug-likeness (QED) is 0.412. The third-order valence-electron chi connectivity index (χ3n) is 8.14. The minimum atomic E-state index is -0.643. The molecule has 3 amide bonds. The SMILES string of the molecule is CC(C)n1nccc1C(=O)N[C@H](C(=O)Nc1ccc(C[C@@H](N)C(=O)N2CCN(C)CC2)cc1)C1CCCCCC1. The largest absolute Gasteiger partial charge is 0.339 e. The molecule has 0 radical (unpaired) electrons. The van der Waals surface area contributed by atoms with Crippen LogP contribution in [0.2, 0.25) is 0 Å². The molecule has 218 valence electrons. The van der Waals surface area contributed by atoms with E-state index in [4.69, 9.17) is 5.73 Å². The first-order valence-corrected chi connectivity index (χ1v) is 14.7. The zero-order valence-corrected chi connectivity index (χ0v) is 24.1. The number of nitrogens with zero attached hydrogens (tertiary/aromatic N) is 4. The van der Waals surface area contributed by atoms with E-state index in [2.05, 4.69) is 27.7 Å². The number of rotatable bonds is 9. The predicted octanol–water partition coefficient (Wildman–Crippen LogP) is 2.82. The van der Waals surface area contributed by atoms with E-state index in [1.54, 1.807) is 16.9 Å². The van der Waals surface area contributed by atoms with Crippen molar-refractivity contribution in [3.63, 3.8) is 0 Å². The fourth-order valence-electron chi connectivity index (χ4n) is 5.71. The van der Waals surface area contributed by atoms with Gasteiger partial charge in [-0.25, -0.2) is 0 Å². The zero-order valence-electron chi connectivity index (χ0n) is 24.1. The van der Waals surface area contributed by atoms with Crippen LogP contribution in [0.5, 0.6) is 0 Å². The van der Waals surface area contributed by atoms with Gasteiger partial charge in [0.05, 0.1) is 6.04 Å². The molecular formula is C30H45N7O3. The van der Waals surface area contributed by atoms with Crippen molar-refractivity contribution in [3.8, 4) is 0 Å². The second-order valence-electron chi connectivity index (χ2n) is 11.6. The van der Waals surface area contributed by atoms with Crippen molar-refractivity contribution in [1.29, 1.82) is 0 Å². The van der Waals surface area contributed by atoms with E-state index < -0.39 is 12.1 Å². The van der Waals surface area contributed by atoms with Crippen molar-refractivity contribution in [2.75, 3.05) is 38.5 Å². The Morgan fingerprint density at radius 2 is 1.62 bits per heavy atom. The second-order valence-corrected chi connectivity index (χ2v) is 11.6. The van der Waals surface area contributed by atoms with Gasteiger partial charge in [-0.15, -0.1) is 0 Å². The molecule has 40 heavy (non-hydrogen) atoms. The molecule has 10 heteroatoms. The third kappa shape index (κ3) is 7.69. The Morgan fingerprint density at radius 3 is 2.25 bits per heavy atom. The fourth-order valence-corrected chi connectivity index (χ4v) is 5.71. The standard InChI is InChI=1S/C30H45N7O3/c1-21(2)37-26(14-15-32-37)28(38)34-27(23-8-6-4-5-7-9-23)29(39)33-24-12-10-22(11-13-24)20-25(31)30(40)36-18-16-35(3)17-19-36/h10-15,21,23,25,27H,4-9,16-20,31H2,1-3H3,(H,33,39)(H,34,38)/t25-,27+/m1/s1. The summed E-state index contributed by atoms with van der Waals surface area (Å²) in [4.78, 5) is 43.7. The molecule has 4 rings (SSSR count). The van der Waals surface area contributed by atoms with Gasteiger partial charge in [-0.2, -0.15) is 5.10 Å². The molecule has 1 saturated heterocycles. The number of carbonyl (C=O) groups excluding carboxylic acids is 3. The number of carbonyl (C=O) groups is 3. The van der Waals surface area contributed by atoms with E-state index in [1.807, 2.05) is 43.0 Å². The number of hydrogen-bond donors (Lipinski definition) is 3. The Kier molecular flexibility index (Phi) is 10.3. The lowest BCUT2D eigenvalue weighted by molar-refractivity contribution is -0.134. The van der Waals surface area contributed by atoms with Crippen molar-refractivity contribution in [2.45, 2.75) is 76.9 Å². The van der Waals surface area contributed by atoms with E-state index >= 15 is 0 Å². The van der Waals surface area contributed by atoms with Crippen molar-refractivity contribution < 1.29 is 14.4 Å². The minimum Gasteiger partial charge on any atom is -0.339 e. The molecule has 1 saturated carbocycles. The second kappa shape index (κ2) is 13.9. The highest BCUT2D eigenvalue weighted by Gasteiger charge is 2.32. The smallest absolute Gasteiger partial charge is 0.270 e. The number of anilines is 1. The maximum atomic E-state index is 13.6. The monoisotopic (exact) mass is 551 g/mol. The summed E-state index contributed by atoms with van der Waals surface area (Å²) in [5.41, 5.74) is 8.30. The van der Waals surface area contributed by atoms with Gasteiger partial charge in [0.25, 0.3) is 5.91 Å². The highest BCUT2D eigenvalue weighted by atomic mass is 16.2. The average molecular weight is 552 g/mol. The molecule has 1 aliphatic heterocycles. The number of nitrogens with two attached hydrogens (primary N) is 1. The van der Waals surface area contributed by atoms with Crippen LogP contribution >= 0.6 is 0 Å². The van der Waals surface area contributed by atoms with E-state index in [0.717, 1.165) is 57.2 Å². The molecular weight excluding hydrogens is 506 g/mol. The summed E-state index contributed by atoms with van der Waals surface area (Å²) in [6, 6.07) is 7.94. The van der Waals surface area contributed by atoms with Crippen molar-refractivity contribution in [1.82, 2.24) is 24.9 Å². The number of hydrogen-bond acceptors (Lipinski definition) is 6. The molecule has 0 bridgehead atoms. The lowest BCUT2D eigenvalue weighted by Crippen LogP contribution is -2.52. The molecule has 2 aliphatic rings. The molecule has 0 unspecified atom stereocenters. The van der Waals surface area contributed by atoms with Crippen molar-refractivity contribution in [2.24, 2.45) is 11.7 Å². The lowest BCUT2D eigenvalue weighted by atomic mass is 9.91. The van der Waals surface area contributed by atoms with Gasteiger partial charge in [0.15, 0.2) is 0 Å². The average Bonchev–Trinajstić information content (AvgIpc) is 3.29. The van der Waals surface area contributed by atoms with Crippen molar-refractivity contribution >= 4 is 23.4 Å². The number of amides is 3. The summed E-state index contributed by atoms with van der Waals surface area (Å²) in [5, 5.41) is 10.3. The maximum Gasteiger partial charge on any atom is 0.270 e. The highest BCUT2D eigenvalue weighted by Crippen LogP contribution is 2.27. The van der Waals surface area contributed by atoms with E-state index in [-0.39, 0.29) is 29.7 Å². The molecule has 1 aromatic heterocycles. The summed E-state index contributed by atoms with van der Waals surface area (Å²) in [6.07, 6.45) is 8.26. The highest BCUT2D eigenvalue weighted by molar-refractivity contribution is 6.00. The van der Waals surface area contributed by atoms with Crippen LogP contribution in [0.4, 0.5) is 5.69 Å². The molecule has 0 spiro atoms. The van der Waals surface area contributed by atoms with Gasteiger partial charge < -0.3 is 26.2 Å². The minimum absolute atomic E-state index is 0.0220. The summed E-state index contributed by atoms with van der Waals surface area (Å²) >= 11 is 0. The first kappa shape index (κ1) is 29.7. The van der Waals surface area contributed by atoms with Gasteiger partial charge in [-0.1, -0.05) is 37.8 Å². The number of piperazine rings is 1. The van der Waals surface area contributed by atoms with Crippen LogP contribution in [0.25, 0.3) is 0 Å². The van der Waals surface area contributed by atoms with Crippen LogP contribution in [-0.2, 0) is 16.0 Å². The van der Waals surface area contributed by atoms with E-state index in [9.17, 15) is 14.4 Å². The number of likely N-dealkylation sites (N-methyl/N-ethyl adjacent to an activating group) is 1. The third-order valence-corrected chi connectivity index (χ3v) is 8.14. The van der Waals surface area contributed by atoms with Crippen LogP contribution < -0.4 is 16.4 Å². The topological polar surface area (TPSA) is 126 Å². The Hall–Kier alpha value is -3.24. The molecule has 1 aromatic carbocycles. The predicted molar refractivity (Wildman–Crippen MR) is 156 cm³/mol. The van der Waals surface area contributed by atoms with Gasteiger partial charge in [0.2, 0.25) is 11.8 Å². The van der Waals surface area contributed by atoms with Crippen LogP contribution in [0.1, 0.15) is 74.5 Å². The number of aromatic nitrogens is 2. The summed E-state index contributed by atoms with van der Waals surface area (Å²) < 4.78 is 1.68. The van der Waals surface area contributed by atoms with Gasteiger partial charge >= 0.3 is 0 Å². The lowest BCUT2D eigenvalue weighted by Gasteiger charge is -2.33. The van der Waals surface area contributed by atoms with E-state index in [1.165, 1.54) is 0 Å². The normalized spacial score (nSPS) is 18.7. The van der Waals surface area contributed by atoms with Gasteiger partial charge in [0.1, 0.15) is 11.7 Å². The fraction of sp³-hybridized carbons (Fsp3) is 0.600. The Bertz CT molecular complexity index is 1130. The first-order chi connectivity index (χ1) is 19.2.